The van der Waals surface area contributed by atoms with Crippen LogP contribution in [0.1, 0.15) is 24.2 Å². The molecule has 0 spiro atoms. The molecule has 0 fully saturated rings. The van der Waals surface area contributed by atoms with Crippen molar-refractivity contribution in [1.29, 1.82) is 5.41 Å². The van der Waals surface area contributed by atoms with Crippen molar-refractivity contribution in [2.24, 2.45) is 0 Å². The Morgan fingerprint density at radius 1 is 0.971 bits per heavy atom. The van der Waals surface area contributed by atoms with Crippen molar-refractivity contribution in [3.05, 3.63) is 89.2 Å². The van der Waals surface area contributed by atoms with Gasteiger partial charge in [0.15, 0.2) is 11.6 Å². The first kappa shape index (κ1) is 25.6. The molecule has 0 radical (unpaired) electrons. The topological polar surface area (TPSA) is 74.2 Å². The van der Waals surface area contributed by atoms with Crippen molar-refractivity contribution in [3.63, 3.8) is 0 Å². The molecule has 0 unspecified atom stereocenters. The largest absolute Gasteiger partial charge is 0.484 e. The number of benzene rings is 3. The van der Waals surface area contributed by atoms with Gasteiger partial charge in [-0.3, -0.25) is 4.79 Å². The van der Waals surface area contributed by atoms with Gasteiger partial charge in [0.2, 0.25) is 0 Å². The Balaban J connectivity index is 1.90. The number of ether oxygens (including phenoxy) is 1. The van der Waals surface area contributed by atoms with Crippen LogP contribution in [0.5, 0.6) is 5.75 Å². The quantitative estimate of drug-likeness (QED) is 0.264. The van der Waals surface area contributed by atoms with Crippen molar-refractivity contribution in [2.75, 3.05) is 5.32 Å². The van der Waals surface area contributed by atoms with E-state index in [0.29, 0.717) is 16.9 Å². The van der Waals surface area contributed by atoms with Gasteiger partial charge in [-0.05, 0) is 67.1 Å². The molecule has 3 rings (SSSR count). The molecule has 1 amide bonds. The molecule has 2 atom stereocenters. The summed E-state index contributed by atoms with van der Waals surface area (Å²) in [6.45, 7) is 1.22. The Kier molecular flexibility index (Phi) is 7.68. The van der Waals surface area contributed by atoms with Crippen LogP contribution in [0.15, 0.2) is 60.7 Å². The van der Waals surface area contributed by atoms with Crippen molar-refractivity contribution in [1.82, 2.24) is 5.32 Å². The molecule has 11 heteroatoms. The molecule has 0 bridgehead atoms. The van der Waals surface area contributed by atoms with Crippen LogP contribution in [0.4, 0.5) is 37.7 Å². The van der Waals surface area contributed by atoms with E-state index in [4.69, 9.17) is 10.1 Å². The summed E-state index contributed by atoms with van der Waals surface area (Å²) in [5.41, 5.74) is 1.26. The molecule has 0 aliphatic carbocycles. The van der Waals surface area contributed by atoms with Gasteiger partial charge in [0.1, 0.15) is 17.7 Å². The molecule has 184 valence electrons. The second kappa shape index (κ2) is 10.5. The van der Waals surface area contributed by atoms with Gasteiger partial charge in [0, 0.05) is 23.2 Å². The highest BCUT2D eigenvalue weighted by molar-refractivity contribution is 5.88. The molecule has 35 heavy (non-hydrogen) atoms. The third kappa shape index (κ3) is 6.52. The second-order valence-electron chi connectivity index (χ2n) is 7.50. The minimum Gasteiger partial charge on any atom is -0.484 e. The van der Waals surface area contributed by atoms with Crippen molar-refractivity contribution in [2.45, 2.75) is 25.2 Å². The number of carbonyl (C=O) groups excluding carboxylic acids is 1. The smallest absolute Gasteiger partial charge is 0.471 e. The molecule has 0 aromatic heterocycles. The number of alkyl halides is 3. The molecule has 0 saturated carbocycles. The average Bonchev–Trinajstić information content (AvgIpc) is 2.80. The first-order chi connectivity index (χ1) is 16.5. The third-order valence-corrected chi connectivity index (χ3v) is 4.91. The molecule has 3 N–H and O–H groups in total. The van der Waals surface area contributed by atoms with Gasteiger partial charge < -0.3 is 20.8 Å². The average molecular weight is 495 g/mol. The summed E-state index contributed by atoms with van der Waals surface area (Å²) in [6.07, 6.45) is -5.51. The van der Waals surface area contributed by atoms with Gasteiger partial charge in [-0.1, -0.05) is 6.07 Å². The maximum atomic E-state index is 13.8. The molecule has 0 aliphatic rings. The van der Waals surface area contributed by atoms with Crippen molar-refractivity contribution < 1.29 is 35.9 Å². The summed E-state index contributed by atoms with van der Waals surface area (Å²) in [5, 5.41) is 12.4. The van der Waals surface area contributed by atoms with E-state index in [-0.39, 0.29) is 11.3 Å². The maximum Gasteiger partial charge on any atom is 0.471 e. The van der Waals surface area contributed by atoms with Crippen molar-refractivity contribution in [3.8, 4) is 5.75 Å². The number of hydrogen-bond acceptors (Lipinski definition) is 4. The van der Waals surface area contributed by atoms with E-state index >= 15 is 0 Å². The van der Waals surface area contributed by atoms with Crippen LogP contribution in [0.25, 0.3) is 0 Å². The summed E-state index contributed by atoms with van der Waals surface area (Å²) < 4.78 is 84.4. The zero-order valence-corrected chi connectivity index (χ0v) is 18.1. The highest BCUT2D eigenvalue weighted by Gasteiger charge is 2.40. The summed E-state index contributed by atoms with van der Waals surface area (Å²) in [4.78, 5) is 11.4. The lowest BCUT2D eigenvalue weighted by Gasteiger charge is -2.27. The van der Waals surface area contributed by atoms with Crippen LogP contribution < -0.4 is 15.4 Å². The first-order valence-electron chi connectivity index (χ1n) is 10.1. The minimum absolute atomic E-state index is 0.0243. The molecule has 5 nitrogen and oxygen atoms in total. The fourth-order valence-electron chi connectivity index (χ4n) is 3.20. The number of nitrogens with one attached hydrogen (secondary N) is 3. The number of anilines is 2. The Bertz CT molecular complexity index is 1210. The fourth-order valence-corrected chi connectivity index (χ4v) is 3.20. The monoisotopic (exact) mass is 495 g/mol. The number of amides is 1. The van der Waals surface area contributed by atoms with Crippen LogP contribution >= 0.6 is 0 Å². The van der Waals surface area contributed by atoms with Gasteiger partial charge >= 0.3 is 12.1 Å². The first-order valence-corrected chi connectivity index (χ1v) is 10.1. The number of rotatable bonds is 8. The standard InChI is InChI=1S/C24H19F6N3O2/c1-13(32-23(34)24(28,29)30)22(14-2-8-19(26)20(27)11-14)35-18-7-9-21(15(10-18)12-31)33-17-5-3-16(25)4-6-17/h2-13,22,31,33H,1H3,(H,32,34)/t13-,22-/m0/s1. The van der Waals surface area contributed by atoms with E-state index in [1.807, 2.05) is 0 Å². The lowest BCUT2D eigenvalue weighted by molar-refractivity contribution is -0.174. The van der Waals surface area contributed by atoms with Gasteiger partial charge in [-0.15, -0.1) is 0 Å². The van der Waals surface area contributed by atoms with Crippen molar-refractivity contribution >= 4 is 23.5 Å². The Morgan fingerprint density at radius 3 is 2.26 bits per heavy atom. The normalized spacial score (nSPS) is 13.0. The lowest BCUT2D eigenvalue weighted by atomic mass is 10.0. The van der Waals surface area contributed by atoms with Crippen LogP contribution in [-0.4, -0.2) is 24.3 Å². The minimum atomic E-state index is -5.16. The number of halogens is 6. The molecular weight excluding hydrogens is 476 g/mol. The molecule has 0 aliphatic heterocycles. The molecular formula is C24H19F6N3O2. The van der Waals surface area contributed by atoms with E-state index in [2.05, 4.69) is 5.32 Å². The Hall–Kier alpha value is -4.02. The predicted molar refractivity (Wildman–Crippen MR) is 117 cm³/mol. The molecule has 0 saturated heterocycles. The summed E-state index contributed by atoms with van der Waals surface area (Å²) in [6, 6.07) is 11.2. The van der Waals surface area contributed by atoms with E-state index < -0.39 is 41.7 Å². The summed E-state index contributed by atoms with van der Waals surface area (Å²) in [5.74, 6) is -4.98. The van der Waals surface area contributed by atoms with E-state index in [0.717, 1.165) is 24.4 Å². The SMILES string of the molecule is C[C@H](NC(=O)C(F)(F)F)[C@H](Oc1ccc(Nc2ccc(F)cc2)c(C=N)c1)c1ccc(F)c(F)c1. The predicted octanol–water partition coefficient (Wildman–Crippen LogP) is 6.03. The zero-order valence-electron chi connectivity index (χ0n) is 18.1. The third-order valence-electron chi connectivity index (χ3n) is 4.91. The highest BCUT2D eigenvalue weighted by Crippen LogP contribution is 2.30. The Labute approximate surface area is 196 Å². The van der Waals surface area contributed by atoms with Crippen LogP contribution in [-0.2, 0) is 4.79 Å². The molecule has 3 aromatic rings. The zero-order chi connectivity index (χ0) is 25.8. The maximum absolute atomic E-state index is 13.8. The van der Waals surface area contributed by atoms with Crippen LogP contribution in [0.3, 0.4) is 0 Å². The van der Waals surface area contributed by atoms with Gasteiger partial charge in [0.25, 0.3) is 0 Å². The van der Waals surface area contributed by atoms with Gasteiger partial charge in [-0.25, -0.2) is 13.2 Å². The number of carbonyl (C=O) groups is 1. The molecule has 3 aromatic carbocycles. The highest BCUT2D eigenvalue weighted by atomic mass is 19.4. The summed E-state index contributed by atoms with van der Waals surface area (Å²) in [7, 11) is 0. The second-order valence-corrected chi connectivity index (χ2v) is 7.50. The molecule has 0 heterocycles. The lowest BCUT2D eigenvalue weighted by Crippen LogP contribution is -2.45. The van der Waals surface area contributed by atoms with Gasteiger partial charge in [-0.2, -0.15) is 13.2 Å². The van der Waals surface area contributed by atoms with E-state index in [1.165, 1.54) is 49.4 Å². The van der Waals surface area contributed by atoms with E-state index in [1.54, 1.807) is 5.32 Å². The van der Waals surface area contributed by atoms with Crippen LogP contribution in [0, 0.1) is 22.9 Å². The Morgan fingerprint density at radius 2 is 1.66 bits per heavy atom. The van der Waals surface area contributed by atoms with Gasteiger partial charge in [0.05, 0.1) is 6.04 Å². The summed E-state index contributed by atoms with van der Waals surface area (Å²) >= 11 is 0. The number of hydrogen-bond donors (Lipinski definition) is 3. The fraction of sp³-hybridized carbons (Fsp3) is 0.167. The van der Waals surface area contributed by atoms with Crippen LogP contribution in [0.2, 0.25) is 0 Å². The van der Waals surface area contributed by atoms with E-state index in [9.17, 15) is 31.1 Å².